The molecule has 0 aromatic heterocycles. The standard InChI is InChI=1S/C17H22N2O2/c1-11(2)10-16(20)18-12(3)13-6-8-15(9-7-13)19-17(21)14-4-5-14/h6-10,12,14H,4-5H2,1-3H3,(H,18,20)(H,19,21). The molecule has 21 heavy (non-hydrogen) atoms. The Hall–Kier alpha value is -2.10. The molecular formula is C17H22N2O2. The molecule has 1 unspecified atom stereocenters. The Morgan fingerprint density at radius 3 is 2.33 bits per heavy atom. The predicted molar refractivity (Wildman–Crippen MR) is 83.8 cm³/mol. The molecule has 1 aromatic carbocycles. The van der Waals surface area contributed by atoms with E-state index in [2.05, 4.69) is 10.6 Å². The minimum Gasteiger partial charge on any atom is -0.346 e. The minimum atomic E-state index is -0.0892. The smallest absolute Gasteiger partial charge is 0.244 e. The summed E-state index contributed by atoms with van der Waals surface area (Å²) in [6, 6.07) is 7.53. The molecule has 2 N–H and O–H groups in total. The molecule has 0 bridgehead atoms. The van der Waals surface area contributed by atoms with Crippen LogP contribution in [0.5, 0.6) is 0 Å². The molecule has 0 spiro atoms. The first-order valence-corrected chi connectivity index (χ1v) is 7.32. The Morgan fingerprint density at radius 2 is 1.81 bits per heavy atom. The molecule has 1 aromatic rings. The molecule has 112 valence electrons. The van der Waals surface area contributed by atoms with Crippen LogP contribution in [0.1, 0.15) is 45.2 Å². The third-order valence-corrected chi connectivity index (χ3v) is 3.40. The molecule has 4 nitrogen and oxygen atoms in total. The number of carbonyl (C=O) groups excluding carboxylic acids is 2. The highest BCUT2D eigenvalue weighted by Gasteiger charge is 2.29. The van der Waals surface area contributed by atoms with Crippen molar-refractivity contribution in [2.75, 3.05) is 5.32 Å². The van der Waals surface area contributed by atoms with Gasteiger partial charge in [0.15, 0.2) is 0 Å². The van der Waals surface area contributed by atoms with Gasteiger partial charge in [-0.3, -0.25) is 9.59 Å². The van der Waals surface area contributed by atoms with Crippen molar-refractivity contribution in [3.05, 3.63) is 41.5 Å². The number of allylic oxidation sites excluding steroid dienone is 1. The highest BCUT2D eigenvalue weighted by Crippen LogP contribution is 2.30. The van der Waals surface area contributed by atoms with Crippen molar-refractivity contribution in [2.45, 2.75) is 39.7 Å². The summed E-state index contributed by atoms with van der Waals surface area (Å²) in [5.74, 6) is 0.216. The van der Waals surface area contributed by atoms with E-state index < -0.39 is 0 Å². The Bertz CT molecular complexity index is 553. The van der Waals surface area contributed by atoms with Crippen LogP contribution in [0, 0.1) is 5.92 Å². The summed E-state index contributed by atoms with van der Waals surface area (Å²) >= 11 is 0. The van der Waals surface area contributed by atoms with E-state index in [0.29, 0.717) is 0 Å². The van der Waals surface area contributed by atoms with Gasteiger partial charge in [-0.25, -0.2) is 0 Å². The SMILES string of the molecule is CC(C)=CC(=O)NC(C)c1ccc(NC(=O)C2CC2)cc1. The normalized spacial score (nSPS) is 15.0. The van der Waals surface area contributed by atoms with Crippen LogP contribution in [0.25, 0.3) is 0 Å². The van der Waals surface area contributed by atoms with Crippen molar-refractivity contribution in [2.24, 2.45) is 5.92 Å². The lowest BCUT2D eigenvalue weighted by Crippen LogP contribution is -2.24. The molecule has 0 aliphatic heterocycles. The number of carbonyl (C=O) groups is 2. The van der Waals surface area contributed by atoms with Crippen molar-refractivity contribution >= 4 is 17.5 Å². The maximum absolute atomic E-state index is 11.7. The Balaban J connectivity index is 1.92. The van der Waals surface area contributed by atoms with Crippen molar-refractivity contribution in [3.8, 4) is 0 Å². The van der Waals surface area contributed by atoms with Crippen LogP contribution in [0.15, 0.2) is 35.9 Å². The van der Waals surface area contributed by atoms with E-state index in [0.717, 1.165) is 29.7 Å². The Kier molecular flexibility index (Phi) is 4.78. The summed E-state index contributed by atoms with van der Waals surface area (Å²) < 4.78 is 0. The van der Waals surface area contributed by atoms with E-state index in [1.54, 1.807) is 6.08 Å². The van der Waals surface area contributed by atoms with Crippen LogP contribution in [-0.2, 0) is 9.59 Å². The molecule has 2 amide bonds. The fourth-order valence-corrected chi connectivity index (χ4v) is 2.05. The van der Waals surface area contributed by atoms with Gasteiger partial charge in [-0.2, -0.15) is 0 Å². The number of benzene rings is 1. The monoisotopic (exact) mass is 286 g/mol. The van der Waals surface area contributed by atoms with Crippen LogP contribution >= 0.6 is 0 Å². The molecule has 2 rings (SSSR count). The second-order valence-corrected chi connectivity index (χ2v) is 5.84. The average molecular weight is 286 g/mol. The van der Waals surface area contributed by atoms with Gasteiger partial charge in [0.05, 0.1) is 6.04 Å². The zero-order valence-electron chi connectivity index (χ0n) is 12.8. The summed E-state index contributed by atoms with van der Waals surface area (Å²) in [5, 5.41) is 5.81. The molecule has 1 aliphatic carbocycles. The van der Waals surface area contributed by atoms with Crippen molar-refractivity contribution in [1.82, 2.24) is 5.32 Å². The van der Waals surface area contributed by atoms with Gasteiger partial charge >= 0.3 is 0 Å². The van der Waals surface area contributed by atoms with E-state index in [9.17, 15) is 9.59 Å². The van der Waals surface area contributed by atoms with E-state index >= 15 is 0 Å². The maximum Gasteiger partial charge on any atom is 0.244 e. The van der Waals surface area contributed by atoms with Gasteiger partial charge in [-0.1, -0.05) is 17.7 Å². The average Bonchev–Trinajstić information content (AvgIpc) is 3.22. The fourth-order valence-electron chi connectivity index (χ4n) is 2.05. The lowest BCUT2D eigenvalue weighted by Gasteiger charge is -2.14. The lowest BCUT2D eigenvalue weighted by molar-refractivity contribution is -0.118. The Morgan fingerprint density at radius 1 is 1.19 bits per heavy atom. The first-order chi connectivity index (χ1) is 9.95. The van der Waals surface area contributed by atoms with Gasteiger partial charge in [0.1, 0.15) is 0 Å². The number of anilines is 1. The highest BCUT2D eigenvalue weighted by molar-refractivity contribution is 5.94. The zero-order valence-corrected chi connectivity index (χ0v) is 12.8. The highest BCUT2D eigenvalue weighted by atomic mass is 16.2. The van der Waals surface area contributed by atoms with Gasteiger partial charge in [0, 0.05) is 17.7 Å². The predicted octanol–water partition coefficient (Wildman–Crippen LogP) is 3.18. The van der Waals surface area contributed by atoms with E-state index in [1.165, 1.54) is 0 Å². The van der Waals surface area contributed by atoms with Crippen molar-refractivity contribution < 1.29 is 9.59 Å². The number of amides is 2. The van der Waals surface area contributed by atoms with Gasteiger partial charge in [0.2, 0.25) is 11.8 Å². The first kappa shape index (κ1) is 15.3. The second-order valence-electron chi connectivity index (χ2n) is 5.84. The summed E-state index contributed by atoms with van der Waals surface area (Å²) in [7, 11) is 0. The maximum atomic E-state index is 11.7. The molecule has 1 atom stereocenters. The van der Waals surface area contributed by atoms with E-state index in [4.69, 9.17) is 0 Å². The minimum absolute atomic E-state index is 0.0683. The van der Waals surface area contributed by atoms with E-state index in [1.807, 2.05) is 45.0 Å². The molecule has 4 heteroatoms. The number of rotatable bonds is 5. The van der Waals surface area contributed by atoms with Crippen LogP contribution in [-0.4, -0.2) is 11.8 Å². The molecule has 0 heterocycles. The van der Waals surface area contributed by atoms with Crippen LogP contribution in [0.2, 0.25) is 0 Å². The van der Waals surface area contributed by atoms with Crippen LogP contribution in [0.4, 0.5) is 5.69 Å². The summed E-state index contributed by atoms with van der Waals surface area (Å²) in [5.41, 5.74) is 2.78. The zero-order chi connectivity index (χ0) is 15.4. The molecule has 0 radical (unpaired) electrons. The fraction of sp³-hybridized carbons (Fsp3) is 0.412. The molecular weight excluding hydrogens is 264 g/mol. The van der Waals surface area contributed by atoms with Gasteiger partial charge in [-0.15, -0.1) is 0 Å². The van der Waals surface area contributed by atoms with Crippen LogP contribution in [0.3, 0.4) is 0 Å². The number of hydrogen-bond acceptors (Lipinski definition) is 2. The van der Waals surface area contributed by atoms with Crippen molar-refractivity contribution in [1.29, 1.82) is 0 Å². The van der Waals surface area contributed by atoms with Gasteiger partial charge in [0.25, 0.3) is 0 Å². The second kappa shape index (κ2) is 6.57. The molecule has 1 saturated carbocycles. The third kappa shape index (κ3) is 4.74. The van der Waals surface area contributed by atoms with E-state index in [-0.39, 0.29) is 23.8 Å². The van der Waals surface area contributed by atoms with Gasteiger partial charge in [-0.05, 0) is 51.3 Å². The molecule has 1 aliphatic rings. The molecule has 0 saturated heterocycles. The van der Waals surface area contributed by atoms with Gasteiger partial charge < -0.3 is 10.6 Å². The van der Waals surface area contributed by atoms with Crippen molar-refractivity contribution in [3.63, 3.8) is 0 Å². The van der Waals surface area contributed by atoms with Crippen LogP contribution < -0.4 is 10.6 Å². The molecule has 1 fully saturated rings. The topological polar surface area (TPSA) is 58.2 Å². The summed E-state index contributed by atoms with van der Waals surface area (Å²) in [4.78, 5) is 23.4. The lowest BCUT2D eigenvalue weighted by atomic mass is 10.1. The third-order valence-electron chi connectivity index (χ3n) is 3.40. The summed E-state index contributed by atoms with van der Waals surface area (Å²) in [6.07, 6.45) is 3.58. The Labute approximate surface area is 125 Å². The first-order valence-electron chi connectivity index (χ1n) is 7.32. The largest absolute Gasteiger partial charge is 0.346 e. The quantitative estimate of drug-likeness (QED) is 0.817. The summed E-state index contributed by atoms with van der Waals surface area (Å²) in [6.45, 7) is 5.72. The number of nitrogens with one attached hydrogen (secondary N) is 2. The number of hydrogen-bond donors (Lipinski definition) is 2.